The first-order chi connectivity index (χ1) is 12.0. The fourth-order valence-corrected chi connectivity index (χ4v) is 3.16. The van der Waals surface area contributed by atoms with Crippen LogP contribution in [0.5, 0.6) is 0 Å². The maximum atomic E-state index is 12.7. The van der Waals surface area contributed by atoms with E-state index in [1.165, 1.54) is 11.8 Å². The summed E-state index contributed by atoms with van der Waals surface area (Å²) >= 11 is 0. The quantitative estimate of drug-likeness (QED) is 0.891. The third kappa shape index (κ3) is 3.24. The number of hydrogen-bond donors (Lipinski definition) is 2. The lowest BCUT2D eigenvalue weighted by molar-refractivity contribution is -0.142. The molecular weight excluding hydrogens is 320 g/mol. The second kappa shape index (κ2) is 6.76. The molecule has 2 N–H and O–H groups in total. The predicted molar refractivity (Wildman–Crippen MR) is 92.1 cm³/mol. The summed E-state index contributed by atoms with van der Waals surface area (Å²) in [5.41, 5.74) is 2.07. The van der Waals surface area contributed by atoms with Gasteiger partial charge in [-0.25, -0.2) is 4.79 Å². The second-order valence-corrected chi connectivity index (χ2v) is 5.93. The van der Waals surface area contributed by atoms with Crippen molar-refractivity contribution in [1.29, 1.82) is 0 Å². The summed E-state index contributed by atoms with van der Waals surface area (Å²) in [6.45, 7) is 1.40. The third-order valence-corrected chi connectivity index (χ3v) is 4.28. The molecule has 2 aromatic rings. The zero-order valence-electron chi connectivity index (χ0n) is 13.7. The summed E-state index contributed by atoms with van der Waals surface area (Å²) < 4.78 is 0. The van der Waals surface area contributed by atoms with Crippen LogP contribution < -0.4 is 10.2 Å². The number of amides is 2. The van der Waals surface area contributed by atoms with Gasteiger partial charge < -0.3 is 10.4 Å². The van der Waals surface area contributed by atoms with Crippen molar-refractivity contribution < 1.29 is 19.5 Å². The molecule has 0 aromatic heterocycles. The fraction of sp³-hybridized carbons (Fsp3) is 0.211. The maximum Gasteiger partial charge on any atom is 0.330 e. The van der Waals surface area contributed by atoms with Crippen LogP contribution in [0.2, 0.25) is 0 Å². The van der Waals surface area contributed by atoms with Crippen molar-refractivity contribution in [1.82, 2.24) is 5.32 Å². The van der Waals surface area contributed by atoms with Crippen LogP contribution in [-0.2, 0) is 20.8 Å². The lowest BCUT2D eigenvalue weighted by atomic mass is 10.1. The van der Waals surface area contributed by atoms with Gasteiger partial charge in [0.1, 0.15) is 6.04 Å². The van der Waals surface area contributed by atoms with Gasteiger partial charge in [0.25, 0.3) is 0 Å². The highest BCUT2D eigenvalue weighted by Crippen LogP contribution is 2.32. The van der Waals surface area contributed by atoms with E-state index in [1.807, 2.05) is 12.1 Å². The Labute approximate surface area is 145 Å². The molecular formula is C19H18N2O4. The Kier molecular flexibility index (Phi) is 4.52. The van der Waals surface area contributed by atoms with Crippen LogP contribution in [0.4, 0.5) is 5.69 Å². The highest BCUT2D eigenvalue weighted by atomic mass is 16.4. The number of carboxylic acid groups (broad SMARTS) is 1. The molecule has 128 valence electrons. The van der Waals surface area contributed by atoms with Crippen LogP contribution in [0, 0.1) is 0 Å². The number of hydrogen-bond acceptors (Lipinski definition) is 3. The molecule has 1 heterocycles. The lowest BCUT2D eigenvalue weighted by Crippen LogP contribution is -2.49. The highest BCUT2D eigenvalue weighted by molar-refractivity contribution is 6.03. The Bertz CT molecular complexity index is 819. The largest absolute Gasteiger partial charge is 0.479 e. The maximum absolute atomic E-state index is 12.7. The summed E-state index contributed by atoms with van der Waals surface area (Å²) in [6, 6.07) is 13.9. The molecule has 0 spiro atoms. The monoisotopic (exact) mass is 338 g/mol. The Balaban J connectivity index is 1.85. The summed E-state index contributed by atoms with van der Waals surface area (Å²) in [4.78, 5) is 37.8. The molecule has 1 aliphatic rings. The minimum atomic E-state index is -1.16. The molecule has 0 fully saturated rings. The number of benzene rings is 2. The van der Waals surface area contributed by atoms with Gasteiger partial charge >= 0.3 is 5.97 Å². The summed E-state index contributed by atoms with van der Waals surface area (Å²) in [5, 5.41) is 12.0. The fourth-order valence-electron chi connectivity index (χ4n) is 3.16. The second-order valence-electron chi connectivity index (χ2n) is 5.93. The number of anilines is 1. The Morgan fingerprint density at radius 1 is 1.08 bits per heavy atom. The zero-order valence-corrected chi connectivity index (χ0v) is 13.7. The van der Waals surface area contributed by atoms with E-state index < -0.39 is 24.0 Å². The number of aliphatic carboxylic acids is 1. The number of para-hydroxylation sites is 1. The molecule has 0 saturated carbocycles. The molecule has 6 heteroatoms. The number of carboxylic acids is 1. The Morgan fingerprint density at radius 2 is 1.72 bits per heavy atom. The van der Waals surface area contributed by atoms with E-state index in [9.17, 15) is 19.5 Å². The molecule has 2 atom stereocenters. The first-order valence-corrected chi connectivity index (χ1v) is 7.95. The van der Waals surface area contributed by atoms with Crippen molar-refractivity contribution in [3.8, 4) is 0 Å². The van der Waals surface area contributed by atoms with E-state index in [4.69, 9.17) is 0 Å². The van der Waals surface area contributed by atoms with Gasteiger partial charge in [-0.2, -0.15) is 0 Å². The van der Waals surface area contributed by atoms with E-state index in [2.05, 4.69) is 5.32 Å². The molecule has 0 saturated heterocycles. The summed E-state index contributed by atoms with van der Waals surface area (Å²) in [7, 11) is 0. The van der Waals surface area contributed by atoms with Gasteiger partial charge in [-0.05, 0) is 17.2 Å². The minimum Gasteiger partial charge on any atom is -0.479 e. The number of nitrogens with one attached hydrogen (secondary N) is 1. The van der Waals surface area contributed by atoms with Crippen molar-refractivity contribution in [2.75, 3.05) is 4.90 Å². The van der Waals surface area contributed by atoms with Gasteiger partial charge in [0.2, 0.25) is 11.8 Å². The van der Waals surface area contributed by atoms with Gasteiger partial charge in [-0.3, -0.25) is 14.5 Å². The van der Waals surface area contributed by atoms with Crippen molar-refractivity contribution >= 4 is 23.5 Å². The Morgan fingerprint density at radius 3 is 2.36 bits per heavy atom. The molecule has 2 aromatic carbocycles. The van der Waals surface area contributed by atoms with Crippen LogP contribution >= 0.6 is 0 Å². The van der Waals surface area contributed by atoms with Crippen LogP contribution in [0.1, 0.15) is 24.1 Å². The number of fused-ring (bicyclic) bond motifs is 1. The topological polar surface area (TPSA) is 86.7 Å². The van der Waals surface area contributed by atoms with Crippen LogP contribution in [0.25, 0.3) is 0 Å². The number of rotatable bonds is 4. The van der Waals surface area contributed by atoms with Crippen molar-refractivity contribution in [2.45, 2.75) is 25.4 Å². The SMILES string of the molecule is CC(=O)N1c2ccccc2C[C@H]1C(=O)N[C@H](C(=O)O)c1ccccc1. The number of nitrogens with zero attached hydrogens (tertiary/aromatic N) is 1. The molecule has 6 nitrogen and oxygen atoms in total. The van der Waals surface area contributed by atoms with Crippen molar-refractivity contribution in [2.24, 2.45) is 0 Å². The van der Waals surface area contributed by atoms with E-state index >= 15 is 0 Å². The standard InChI is InChI=1S/C19H18N2O4/c1-12(22)21-15-10-6-5-9-14(15)11-16(21)18(23)20-17(19(24)25)13-7-3-2-4-8-13/h2-10,16-17H,11H2,1H3,(H,20,23)(H,24,25)/t16-,17-/m0/s1. The van der Waals surface area contributed by atoms with Crippen LogP contribution in [0.3, 0.4) is 0 Å². The average molecular weight is 338 g/mol. The van der Waals surface area contributed by atoms with E-state index in [1.54, 1.807) is 42.5 Å². The van der Waals surface area contributed by atoms with Gasteiger partial charge in [-0.1, -0.05) is 48.5 Å². The first kappa shape index (κ1) is 16.7. The molecule has 1 aliphatic heterocycles. The molecule has 2 amide bonds. The summed E-state index contributed by atoms with van der Waals surface area (Å²) in [6.07, 6.45) is 0.364. The zero-order chi connectivity index (χ0) is 18.0. The van der Waals surface area contributed by atoms with E-state index in [0.29, 0.717) is 17.7 Å². The van der Waals surface area contributed by atoms with Crippen molar-refractivity contribution in [3.05, 3.63) is 65.7 Å². The smallest absolute Gasteiger partial charge is 0.330 e. The normalized spacial score (nSPS) is 16.8. The lowest BCUT2D eigenvalue weighted by Gasteiger charge is -2.25. The predicted octanol–water partition coefficient (Wildman–Crippen LogP) is 1.91. The van der Waals surface area contributed by atoms with Crippen molar-refractivity contribution in [3.63, 3.8) is 0 Å². The van der Waals surface area contributed by atoms with Gasteiger partial charge in [0.05, 0.1) is 0 Å². The van der Waals surface area contributed by atoms with E-state index in [0.717, 1.165) is 5.56 Å². The molecule has 0 radical (unpaired) electrons. The van der Waals surface area contributed by atoms with Crippen LogP contribution in [0.15, 0.2) is 54.6 Å². The molecule has 0 unspecified atom stereocenters. The molecule has 0 bridgehead atoms. The van der Waals surface area contributed by atoms with Gasteiger partial charge in [0.15, 0.2) is 6.04 Å². The highest BCUT2D eigenvalue weighted by Gasteiger charge is 2.38. The molecule has 0 aliphatic carbocycles. The number of carbonyl (C=O) groups is 3. The molecule has 3 rings (SSSR count). The average Bonchev–Trinajstić information content (AvgIpc) is 2.99. The van der Waals surface area contributed by atoms with Crippen LogP contribution in [-0.4, -0.2) is 28.9 Å². The van der Waals surface area contributed by atoms with E-state index in [-0.39, 0.29) is 5.91 Å². The van der Waals surface area contributed by atoms with Gasteiger partial charge in [0, 0.05) is 19.0 Å². The van der Waals surface area contributed by atoms with Gasteiger partial charge in [-0.15, -0.1) is 0 Å². The molecule has 25 heavy (non-hydrogen) atoms. The third-order valence-electron chi connectivity index (χ3n) is 4.28. The summed E-state index contributed by atoms with van der Waals surface area (Å²) in [5.74, 6) is -1.89. The number of carbonyl (C=O) groups excluding carboxylic acids is 2. The minimum absolute atomic E-state index is 0.253. The Hall–Kier alpha value is -3.15. The first-order valence-electron chi connectivity index (χ1n) is 7.95.